The maximum Gasteiger partial charge on any atom is 0.320 e. The van der Waals surface area contributed by atoms with E-state index in [9.17, 15) is 9.59 Å². The van der Waals surface area contributed by atoms with Gasteiger partial charge in [-0.25, -0.2) is 0 Å². The number of unbranched alkanes of at least 4 members (excludes halogenated alkanes) is 6. The summed E-state index contributed by atoms with van der Waals surface area (Å²) in [5.74, 6) is -0.845. The van der Waals surface area contributed by atoms with E-state index in [1.165, 1.54) is 50.5 Å². The van der Waals surface area contributed by atoms with E-state index in [0.29, 0.717) is 5.75 Å². The Kier molecular flexibility index (Phi) is 8.96. The smallest absolute Gasteiger partial charge is 0.320 e. The Hall–Kier alpha value is -1.84. The van der Waals surface area contributed by atoms with Crippen LogP contribution >= 0.6 is 0 Å². The van der Waals surface area contributed by atoms with Crippen molar-refractivity contribution < 1.29 is 14.3 Å². The van der Waals surface area contributed by atoms with Gasteiger partial charge in [0.05, 0.1) is 0 Å². The predicted molar refractivity (Wildman–Crippen MR) is 87.6 cm³/mol. The number of hydrogen-bond donors (Lipinski definition) is 1. The van der Waals surface area contributed by atoms with Crippen LogP contribution in [0.3, 0.4) is 0 Å². The molecule has 0 saturated carbocycles. The summed E-state index contributed by atoms with van der Waals surface area (Å²) in [5.41, 5.74) is 6.18. The SMILES string of the molecule is CCCCCCCCCc1ccc(OC(=O)CC(N)=O)cc1. The van der Waals surface area contributed by atoms with Crippen LogP contribution in [-0.2, 0) is 16.0 Å². The number of carbonyl (C=O) groups excluding carboxylic acids is 2. The third kappa shape index (κ3) is 8.45. The highest BCUT2D eigenvalue weighted by atomic mass is 16.5. The molecule has 22 heavy (non-hydrogen) atoms. The highest BCUT2D eigenvalue weighted by molar-refractivity contribution is 5.94. The van der Waals surface area contributed by atoms with Crippen LogP contribution in [0.15, 0.2) is 24.3 Å². The first-order valence-electron chi connectivity index (χ1n) is 8.19. The van der Waals surface area contributed by atoms with Gasteiger partial charge < -0.3 is 10.5 Å². The van der Waals surface area contributed by atoms with E-state index in [1.807, 2.05) is 12.1 Å². The molecule has 0 unspecified atom stereocenters. The number of primary amides is 1. The summed E-state index contributed by atoms with van der Waals surface area (Å²) in [4.78, 5) is 21.9. The van der Waals surface area contributed by atoms with E-state index in [1.54, 1.807) is 12.1 Å². The van der Waals surface area contributed by atoms with Gasteiger partial charge in [0.2, 0.25) is 5.91 Å². The zero-order chi connectivity index (χ0) is 16.2. The van der Waals surface area contributed by atoms with Gasteiger partial charge in [-0.3, -0.25) is 9.59 Å². The molecule has 4 nitrogen and oxygen atoms in total. The number of aryl methyl sites for hydroxylation is 1. The van der Waals surface area contributed by atoms with Gasteiger partial charge in [0.1, 0.15) is 12.2 Å². The van der Waals surface area contributed by atoms with E-state index >= 15 is 0 Å². The summed E-state index contributed by atoms with van der Waals surface area (Å²) < 4.78 is 5.02. The summed E-state index contributed by atoms with van der Waals surface area (Å²) in [6.07, 6.45) is 9.73. The number of ether oxygens (including phenoxy) is 1. The average molecular weight is 305 g/mol. The number of nitrogens with two attached hydrogens (primary N) is 1. The second-order valence-corrected chi connectivity index (χ2v) is 5.63. The Balaban J connectivity index is 2.21. The molecule has 1 aromatic carbocycles. The van der Waals surface area contributed by atoms with E-state index in [2.05, 4.69) is 6.92 Å². The Labute approximate surface area is 133 Å². The van der Waals surface area contributed by atoms with Crippen LogP contribution in [0.2, 0.25) is 0 Å². The van der Waals surface area contributed by atoms with E-state index < -0.39 is 11.9 Å². The van der Waals surface area contributed by atoms with Crippen molar-refractivity contribution >= 4 is 11.9 Å². The molecule has 0 bridgehead atoms. The fourth-order valence-corrected chi connectivity index (χ4v) is 2.32. The predicted octanol–water partition coefficient (Wildman–Crippen LogP) is 3.76. The topological polar surface area (TPSA) is 69.4 Å². The molecule has 4 heteroatoms. The molecule has 0 heterocycles. The molecular weight excluding hydrogens is 278 g/mol. The molecule has 0 aromatic heterocycles. The van der Waals surface area contributed by atoms with Crippen molar-refractivity contribution in [3.8, 4) is 5.75 Å². The van der Waals surface area contributed by atoms with Crippen LogP contribution in [-0.4, -0.2) is 11.9 Å². The van der Waals surface area contributed by atoms with E-state index in [4.69, 9.17) is 10.5 Å². The van der Waals surface area contributed by atoms with Crippen molar-refractivity contribution in [1.29, 1.82) is 0 Å². The lowest BCUT2D eigenvalue weighted by atomic mass is 10.0. The number of hydrogen-bond acceptors (Lipinski definition) is 3. The monoisotopic (exact) mass is 305 g/mol. The summed E-state index contributed by atoms with van der Waals surface area (Å²) in [7, 11) is 0. The highest BCUT2D eigenvalue weighted by Crippen LogP contribution is 2.15. The minimum absolute atomic E-state index is 0.389. The maximum absolute atomic E-state index is 11.3. The zero-order valence-electron chi connectivity index (χ0n) is 13.5. The minimum Gasteiger partial charge on any atom is -0.426 e. The van der Waals surface area contributed by atoms with Crippen LogP contribution in [0.25, 0.3) is 0 Å². The Bertz CT molecular complexity index is 454. The standard InChI is InChI=1S/C18H27NO3/c1-2-3-4-5-6-7-8-9-15-10-12-16(13-11-15)22-18(21)14-17(19)20/h10-13H,2-9,14H2,1H3,(H2,19,20). The van der Waals surface area contributed by atoms with E-state index in [0.717, 1.165) is 6.42 Å². The van der Waals surface area contributed by atoms with Gasteiger partial charge in [-0.05, 0) is 30.5 Å². The number of carbonyl (C=O) groups is 2. The normalized spacial score (nSPS) is 10.4. The number of esters is 1. The summed E-state index contributed by atoms with van der Waals surface area (Å²) >= 11 is 0. The first-order valence-corrected chi connectivity index (χ1v) is 8.19. The molecule has 0 saturated heterocycles. The van der Waals surface area contributed by atoms with Gasteiger partial charge in [-0.15, -0.1) is 0 Å². The van der Waals surface area contributed by atoms with Gasteiger partial charge in [-0.1, -0.05) is 57.6 Å². The van der Waals surface area contributed by atoms with Crippen molar-refractivity contribution in [2.45, 2.75) is 64.7 Å². The van der Waals surface area contributed by atoms with E-state index in [-0.39, 0.29) is 6.42 Å². The molecule has 0 atom stereocenters. The first kappa shape index (κ1) is 18.2. The van der Waals surface area contributed by atoms with Crippen LogP contribution in [0.5, 0.6) is 5.75 Å². The zero-order valence-corrected chi connectivity index (χ0v) is 13.5. The van der Waals surface area contributed by atoms with Crippen molar-refractivity contribution in [2.24, 2.45) is 5.73 Å². The molecule has 0 fully saturated rings. The van der Waals surface area contributed by atoms with Gasteiger partial charge in [0.25, 0.3) is 0 Å². The average Bonchev–Trinajstić information content (AvgIpc) is 2.47. The quantitative estimate of drug-likeness (QED) is 0.293. The molecule has 0 spiro atoms. The second kappa shape index (κ2) is 10.8. The molecule has 2 N–H and O–H groups in total. The fourth-order valence-electron chi connectivity index (χ4n) is 2.32. The lowest BCUT2D eigenvalue weighted by molar-refractivity contribution is -0.137. The minimum atomic E-state index is -0.680. The molecule has 0 radical (unpaired) electrons. The first-order chi connectivity index (χ1) is 10.6. The summed E-state index contributed by atoms with van der Waals surface area (Å²) in [6.45, 7) is 2.23. The van der Waals surface area contributed by atoms with Crippen molar-refractivity contribution in [3.63, 3.8) is 0 Å². The molecule has 0 aliphatic heterocycles. The van der Waals surface area contributed by atoms with Gasteiger partial charge in [-0.2, -0.15) is 0 Å². The van der Waals surface area contributed by atoms with Crippen LogP contribution in [0, 0.1) is 0 Å². The lowest BCUT2D eigenvalue weighted by Crippen LogP contribution is -2.19. The van der Waals surface area contributed by atoms with Crippen molar-refractivity contribution in [2.75, 3.05) is 0 Å². The summed E-state index contributed by atoms with van der Waals surface area (Å²) in [6, 6.07) is 7.44. The largest absolute Gasteiger partial charge is 0.426 e. The van der Waals surface area contributed by atoms with Crippen molar-refractivity contribution in [1.82, 2.24) is 0 Å². The third-order valence-corrected chi connectivity index (χ3v) is 3.54. The lowest BCUT2D eigenvalue weighted by Gasteiger charge is -2.05. The Morgan fingerprint density at radius 3 is 2.14 bits per heavy atom. The van der Waals surface area contributed by atoms with Gasteiger partial charge in [0, 0.05) is 0 Å². The van der Waals surface area contributed by atoms with Crippen LogP contribution < -0.4 is 10.5 Å². The van der Waals surface area contributed by atoms with Crippen molar-refractivity contribution in [3.05, 3.63) is 29.8 Å². The molecule has 1 rings (SSSR count). The molecule has 0 aliphatic carbocycles. The highest BCUT2D eigenvalue weighted by Gasteiger charge is 2.08. The number of benzene rings is 1. The van der Waals surface area contributed by atoms with Gasteiger partial charge >= 0.3 is 5.97 Å². The molecule has 0 aliphatic rings. The number of amides is 1. The fraction of sp³-hybridized carbons (Fsp3) is 0.556. The number of rotatable bonds is 11. The third-order valence-electron chi connectivity index (χ3n) is 3.54. The summed E-state index contributed by atoms with van der Waals surface area (Å²) in [5, 5.41) is 0. The Morgan fingerprint density at radius 2 is 1.55 bits per heavy atom. The molecule has 1 aromatic rings. The van der Waals surface area contributed by atoms with Crippen LogP contribution in [0.1, 0.15) is 63.9 Å². The molecular formula is C18H27NO3. The van der Waals surface area contributed by atoms with Gasteiger partial charge in [0.15, 0.2) is 0 Å². The molecule has 122 valence electrons. The second-order valence-electron chi connectivity index (χ2n) is 5.63. The maximum atomic E-state index is 11.3. The Morgan fingerprint density at radius 1 is 0.955 bits per heavy atom. The van der Waals surface area contributed by atoms with Crippen LogP contribution in [0.4, 0.5) is 0 Å². The molecule has 1 amide bonds.